The Morgan fingerprint density at radius 2 is 1.68 bits per heavy atom. The molecule has 2 rings (SSSR count). The smallest absolute Gasteiger partial charge is 0.224 e. The molecule has 5 heteroatoms. The Hall–Kier alpha value is -1.36. The third-order valence-electron chi connectivity index (χ3n) is 4.45. The number of likely N-dealkylation sites (tertiary alicyclic amines) is 1. The van der Waals surface area contributed by atoms with Gasteiger partial charge in [0.1, 0.15) is 0 Å². The van der Waals surface area contributed by atoms with E-state index in [-0.39, 0.29) is 30.2 Å². The van der Waals surface area contributed by atoms with Crippen LogP contribution in [0, 0.1) is 6.92 Å². The second-order valence-corrected chi connectivity index (χ2v) is 8.42. The van der Waals surface area contributed by atoms with Crippen molar-refractivity contribution in [2.45, 2.75) is 63.4 Å². The van der Waals surface area contributed by atoms with Crippen molar-refractivity contribution in [2.75, 3.05) is 5.75 Å². The first-order valence-corrected chi connectivity index (χ1v) is 9.57. The number of piperidine rings is 1. The summed E-state index contributed by atoms with van der Waals surface area (Å²) >= 11 is 0. The summed E-state index contributed by atoms with van der Waals surface area (Å²) in [6.45, 7) is 6.00. The highest BCUT2D eigenvalue weighted by Gasteiger charge is 2.29. The molecule has 4 nitrogen and oxygen atoms in total. The van der Waals surface area contributed by atoms with Gasteiger partial charge in [-0.05, 0) is 52.2 Å². The SMILES string of the molecule is Cc1ccc(S(=O)(=O)CCC(=O)N2C(C)CCCC2C)cc1. The summed E-state index contributed by atoms with van der Waals surface area (Å²) in [5.74, 6) is -0.166. The van der Waals surface area contributed by atoms with Crippen LogP contribution in [0.1, 0.15) is 45.1 Å². The van der Waals surface area contributed by atoms with Crippen molar-refractivity contribution in [3.05, 3.63) is 29.8 Å². The molecule has 2 atom stereocenters. The van der Waals surface area contributed by atoms with Crippen LogP contribution in [-0.4, -0.2) is 37.1 Å². The van der Waals surface area contributed by atoms with E-state index < -0.39 is 9.84 Å². The number of benzene rings is 1. The fourth-order valence-electron chi connectivity index (χ4n) is 3.13. The molecule has 22 heavy (non-hydrogen) atoms. The summed E-state index contributed by atoms with van der Waals surface area (Å²) in [5.41, 5.74) is 1.02. The Balaban J connectivity index is 2.02. The maximum atomic E-state index is 12.4. The Morgan fingerprint density at radius 1 is 1.14 bits per heavy atom. The number of sulfone groups is 1. The molecule has 2 unspecified atom stereocenters. The van der Waals surface area contributed by atoms with Crippen molar-refractivity contribution < 1.29 is 13.2 Å². The first-order valence-electron chi connectivity index (χ1n) is 7.92. The van der Waals surface area contributed by atoms with Crippen LogP contribution in [0.25, 0.3) is 0 Å². The summed E-state index contributed by atoms with van der Waals surface area (Å²) in [4.78, 5) is 14.6. The van der Waals surface area contributed by atoms with Crippen LogP contribution in [0.2, 0.25) is 0 Å². The number of nitrogens with zero attached hydrogens (tertiary/aromatic N) is 1. The van der Waals surface area contributed by atoms with E-state index in [0.29, 0.717) is 4.90 Å². The van der Waals surface area contributed by atoms with Crippen LogP contribution in [0.5, 0.6) is 0 Å². The van der Waals surface area contributed by atoms with Gasteiger partial charge in [-0.2, -0.15) is 0 Å². The van der Waals surface area contributed by atoms with Crippen molar-refractivity contribution in [3.8, 4) is 0 Å². The first-order chi connectivity index (χ1) is 10.3. The van der Waals surface area contributed by atoms with Gasteiger partial charge in [-0.1, -0.05) is 17.7 Å². The summed E-state index contributed by atoms with van der Waals surface area (Å²) in [6.07, 6.45) is 3.19. The maximum absolute atomic E-state index is 12.4. The van der Waals surface area contributed by atoms with Gasteiger partial charge in [0.25, 0.3) is 0 Å². The molecule has 0 saturated carbocycles. The van der Waals surface area contributed by atoms with E-state index in [4.69, 9.17) is 0 Å². The molecule has 0 radical (unpaired) electrons. The average Bonchev–Trinajstić information content (AvgIpc) is 2.45. The van der Waals surface area contributed by atoms with E-state index in [1.54, 1.807) is 24.3 Å². The molecule has 122 valence electrons. The van der Waals surface area contributed by atoms with E-state index in [2.05, 4.69) is 0 Å². The van der Waals surface area contributed by atoms with E-state index >= 15 is 0 Å². The van der Waals surface area contributed by atoms with E-state index in [0.717, 1.165) is 24.8 Å². The Morgan fingerprint density at radius 3 is 2.23 bits per heavy atom. The van der Waals surface area contributed by atoms with Crippen molar-refractivity contribution in [3.63, 3.8) is 0 Å². The number of carbonyl (C=O) groups excluding carboxylic acids is 1. The van der Waals surface area contributed by atoms with E-state index in [9.17, 15) is 13.2 Å². The van der Waals surface area contributed by atoms with E-state index in [1.165, 1.54) is 0 Å². The lowest BCUT2D eigenvalue weighted by atomic mass is 9.97. The topological polar surface area (TPSA) is 54.5 Å². The zero-order chi connectivity index (χ0) is 16.3. The lowest BCUT2D eigenvalue weighted by Crippen LogP contribution is -2.47. The van der Waals surface area contributed by atoms with Gasteiger partial charge in [-0.25, -0.2) is 8.42 Å². The number of rotatable bonds is 4. The fourth-order valence-corrected chi connectivity index (χ4v) is 4.36. The summed E-state index contributed by atoms with van der Waals surface area (Å²) in [6, 6.07) is 7.20. The first kappa shape index (κ1) is 17.0. The number of aryl methyl sites for hydroxylation is 1. The highest BCUT2D eigenvalue weighted by atomic mass is 32.2. The molecule has 0 aromatic heterocycles. The van der Waals surface area contributed by atoms with Crippen molar-refractivity contribution in [2.24, 2.45) is 0 Å². The maximum Gasteiger partial charge on any atom is 0.224 e. The Labute approximate surface area is 133 Å². The molecule has 1 saturated heterocycles. The Bertz CT molecular complexity index is 612. The zero-order valence-electron chi connectivity index (χ0n) is 13.6. The number of hydrogen-bond acceptors (Lipinski definition) is 3. The number of amides is 1. The molecule has 1 amide bonds. The molecule has 0 spiro atoms. The van der Waals surface area contributed by atoms with Crippen LogP contribution in [-0.2, 0) is 14.6 Å². The van der Waals surface area contributed by atoms with Crippen LogP contribution < -0.4 is 0 Å². The van der Waals surface area contributed by atoms with Gasteiger partial charge < -0.3 is 4.90 Å². The molecule has 1 heterocycles. The van der Waals surface area contributed by atoms with Gasteiger partial charge in [0.15, 0.2) is 9.84 Å². The molecule has 1 aliphatic rings. The van der Waals surface area contributed by atoms with Gasteiger partial charge in [0.05, 0.1) is 10.6 Å². The zero-order valence-corrected chi connectivity index (χ0v) is 14.4. The quantitative estimate of drug-likeness (QED) is 0.856. The van der Waals surface area contributed by atoms with Crippen molar-refractivity contribution in [1.82, 2.24) is 4.90 Å². The van der Waals surface area contributed by atoms with Gasteiger partial charge in [-0.15, -0.1) is 0 Å². The second-order valence-electron chi connectivity index (χ2n) is 6.31. The Kier molecular flexibility index (Phi) is 5.27. The van der Waals surface area contributed by atoms with Crippen molar-refractivity contribution in [1.29, 1.82) is 0 Å². The van der Waals surface area contributed by atoms with Gasteiger partial charge in [0, 0.05) is 18.5 Å². The monoisotopic (exact) mass is 323 g/mol. The molecule has 0 aliphatic carbocycles. The molecule has 1 fully saturated rings. The molecular formula is C17H25NO3S. The fraction of sp³-hybridized carbons (Fsp3) is 0.588. The minimum Gasteiger partial charge on any atom is -0.337 e. The van der Waals surface area contributed by atoms with Crippen LogP contribution in [0.4, 0.5) is 0 Å². The highest BCUT2D eigenvalue weighted by molar-refractivity contribution is 7.91. The van der Waals surface area contributed by atoms with E-state index in [1.807, 2.05) is 25.7 Å². The van der Waals surface area contributed by atoms with Crippen LogP contribution in [0.15, 0.2) is 29.2 Å². The molecule has 1 aliphatic heterocycles. The molecule has 0 bridgehead atoms. The van der Waals surface area contributed by atoms with Gasteiger partial charge in [0.2, 0.25) is 5.91 Å². The predicted octanol–water partition coefficient (Wildman–Crippen LogP) is 2.95. The highest BCUT2D eigenvalue weighted by Crippen LogP contribution is 2.23. The summed E-state index contributed by atoms with van der Waals surface area (Å²) in [7, 11) is -3.39. The van der Waals surface area contributed by atoms with Gasteiger partial charge >= 0.3 is 0 Å². The van der Waals surface area contributed by atoms with Crippen molar-refractivity contribution >= 4 is 15.7 Å². The normalized spacial score (nSPS) is 22.6. The number of carbonyl (C=O) groups is 1. The predicted molar refractivity (Wildman–Crippen MR) is 87.5 cm³/mol. The lowest BCUT2D eigenvalue weighted by molar-refractivity contribution is -0.136. The summed E-state index contributed by atoms with van der Waals surface area (Å²) < 4.78 is 24.6. The summed E-state index contributed by atoms with van der Waals surface area (Å²) in [5, 5.41) is 0. The largest absolute Gasteiger partial charge is 0.337 e. The minimum absolute atomic E-state index is 0.0459. The third-order valence-corrected chi connectivity index (χ3v) is 6.18. The van der Waals surface area contributed by atoms with Gasteiger partial charge in [-0.3, -0.25) is 4.79 Å². The lowest BCUT2D eigenvalue weighted by Gasteiger charge is -2.39. The molecular weight excluding hydrogens is 298 g/mol. The van der Waals surface area contributed by atoms with Crippen LogP contribution in [0.3, 0.4) is 0 Å². The molecule has 0 N–H and O–H groups in total. The average molecular weight is 323 g/mol. The minimum atomic E-state index is -3.39. The standard InChI is InChI=1S/C17H25NO3S/c1-13-7-9-16(10-8-13)22(20,21)12-11-17(19)18-14(2)5-4-6-15(18)3/h7-10,14-15H,4-6,11-12H2,1-3H3. The third kappa shape index (κ3) is 3.88. The second kappa shape index (κ2) is 6.82. The van der Waals surface area contributed by atoms with Crippen LogP contribution >= 0.6 is 0 Å². The molecule has 1 aromatic rings. The number of hydrogen-bond donors (Lipinski definition) is 0. The molecule has 1 aromatic carbocycles.